The molecule has 0 radical (unpaired) electrons. The number of aliphatic hydroxyl groups is 1. The van der Waals surface area contributed by atoms with Gasteiger partial charge in [-0.3, -0.25) is 0 Å². The molecule has 1 aromatic carbocycles. The summed E-state index contributed by atoms with van der Waals surface area (Å²) < 4.78 is 31.4. The lowest BCUT2D eigenvalue weighted by atomic mass is 10.1. The maximum absolute atomic E-state index is 13.2. The van der Waals surface area contributed by atoms with Gasteiger partial charge in [0.15, 0.2) is 11.6 Å². The van der Waals surface area contributed by atoms with Crippen LogP contribution in [0.4, 0.5) is 8.78 Å². The second-order valence-electron chi connectivity index (χ2n) is 2.64. The van der Waals surface area contributed by atoms with E-state index in [4.69, 9.17) is 9.84 Å². The fraction of sp³-hybridized carbons (Fsp3) is 0.333. The van der Waals surface area contributed by atoms with E-state index in [0.717, 1.165) is 6.07 Å². The Morgan fingerprint density at radius 1 is 1.50 bits per heavy atom. The third-order valence-corrected chi connectivity index (χ3v) is 2.37. The Kier molecular flexibility index (Phi) is 3.83. The maximum atomic E-state index is 13.2. The quantitative estimate of drug-likeness (QED) is 0.851. The zero-order valence-corrected chi connectivity index (χ0v) is 9.07. The maximum Gasteiger partial charge on any atom is 0.165 e. The van der Waals surface area contributed by atoms with Crippen molar-refractivity contribution in [3.8, 4) is 5.75 Å². The van der Waals surface area contributed by atoms with E-state index in [-0.39, 0.29) is 24.3 Å². The molecule has 0 aliphatic carbocycles. The first kappa shape index (κ1) is 11.4. The van der Waals surface area contributed by atoms with Crippen LogP contribution in [0.3, 0.4) is 0 Å². The Morgan fingerprint density at radius 2 is 2.14 bits per heavy atom. The fourth-order valence-corrected chi connectivity index (χ4v) is 1.79. The highest BCUT2D eigenvalue weighted by Gasteiger charge is 2.17. The van der Waals surface area contributed by atoms with Crippen molar-refractivity contribution in [3.05, 3.63) is 27.7 Å². The number of benzene rings is 1. The Morgan fingerprint density at radius 3 is 2.64 bits per heavy atom. The molecule has 5 heteroatoms. The summed E-state index contributed by atoms with van der Waals surface area (Å²) in [4.78, 5) is 0. The van der Waals surface area contributed by atoms with Gasteiger partial charge in [-0.25, -0.2) is 8.78 Å². The summed E-state index contributed by atoms with van der Waals surface area (Å²) in [5.41, 5.74) is 0.0434. The molecule has 0 spiro atoms. The molecule has 14 heavy (non-hydrogen) atoms. The fourth-order valence-electron chi connectivity index (χ4n) is 1.18. The summed E-state index contributed by atoms with van der Waals surface area (Å²) in [6.45, 7) is -0.261. The van der Waals surface area contributed by atoms with Crippen LogP contribution in [0, 0.1) is 11.6 Å². The third kappa shape index (κ3) is 2.04. The predicted molar refractivity (Wildman–Crippen MR) is 51.4 cm³/mol. The van der Waals surface area contributed by atoms with E-state index in [2.05, 4.69) is 15.9 Å². The van der Waals surface area contributed by atoms with Crippen molar-refractivity contribution in [2.75, 3.05) is 13.7 Å². The topological polar surface area (TPSA) is 29.5 Å². The molecule has 0 fully saturated rings. The van der Waals surface area contributed by atoms with Crippen LogP contribution in [0.5, 0.6) is 5.75 Å². The molecule has 0 aromatic heterocycles. The second-order valence-corrected chi connectivity index (χ2v) is 3.49. The number of hydrogen-bond acceptors (Lipinski definition) is 2. The van der Waals surface area contributed by atoms with E-state index in [1.807, 2.05) is 0 Å². The van der Waals surface area contributed by atoms with E-state index in [1.165, 1.54) is 7.11 Å². The standard InChI is InChI=1S/C9H9BrF2O2/c1-14-9-5(2-3-13)8(12)7(11)4-6(9)10/h4,13H,2-3H2,1H3. The van der Waals surface area contributed by atoms with Crippen LogP contribution in [-0.4, -0.2) is 18.8 Å². The van der Waals surface area contributed by atoms with Gasteiger partial charge in [0, 0.05) is 18.6 Å². The van der Waals surface area contributed by atoms with Gasteiger partial charge >= 0.3 is 0 Å². The lowest BCUT2D eigenvalue weighted by Gasteiger charge is -2.11. The summed E-state index contributed by atoms with van der Waals surface area (Å²) >= 11 is 3.05. The Hall–Kier alpha value is -0.680. The van der Waals surface area contributed by atoms with Crippen molar-refractivity contribution in [1.29, 1.82) is 0 Å². The van der Waals surface area contributed by atoms with Gasteiger partial charge in [0.2, 0.25) is 0 Å². The Balaban J connectivity index is 3.32. The van der Waals surface area contributed by atoms with Gasteiger partial charge in [0.1, 0.15) is 5.75 Å². The molecule has 0 atom stereocenters. The van der Waals surface area contributed by atoms with Gasteiger partial charge in [-0.2, -0.15) is 0 Å². The first-order chi connectivity index (χ1) is 6.61. The lowest BCUT2D eigenvalue weighted by molar-refractivity contribution is 0.293. The normalized spacial score (nSPS) is 10.4. The summed E-state index contributed by atoms with van der Waals surface area (Å²) in [6.07, 6.45) is 0.0192. The Labute approximate surface area is 88.6 Å². The average molecular weight is 267 g/mol. The molecule has 0 aliphatic heterocycles. The highest BCUT2D eigenvalue weighted by atomic mass is 79.9. The average Bonchev–Trinajstić information content (AvgIpc) is 2.14. The summed E-state index contributed by atoms with van der Waals surface area (Å²) in [6, 6.07) is 0.995. The number of methoxy groups -OCH3 is 1. The van der Waals surface area contributed by atoms with Gasteiger partial charge in [-0.1, -0.05) is 0 Å². The molecular formula is C9H9BrF2O2. The van der Waals surface area contributed by atoms with E-state index in [9.17, 15) is 8.78 Å². The first-order valence-electron chi connectivity index (χ1n) is 3.93. The minimum absolute atomic E-state index is 0.0192. The summed E-state index contributed by atoms with van der Waals surface area (Å²) in [5.74, 6) is -1.71. The number of ether oxygens (including phenoxy) is 1. The smallest absolute Gasteiger partial charge is 0.165 e. The zero-order valence-electron chi connectivity index (χ0n) is 7.48. The highest BCUT2D eigenvalue weighted by Crippen LogP contribution is 2.32. The molecule has 78 valence electrons. The molecule has 0 bridgehead atoms. The molecule has 1 aromatic rings. The molecule has 0 saturated heterocycles. The van der Waals surface area contributed by atoms with Crippen LogP contribution in [0.2, 0.25) is 0 Å². The molecule has 0 unspecified atom stereocenters. The monoisotopic (exact) mass is 266 g/mol. The van der Waals surface area contributed by atoms with Crippen LogP contribution < -0.4 is 4.74 Å². The molecule has 0 aliphatic rings. The summed E-state index contributed by atoms with van der Waals surface area (Å²) in [5, 5.41) is 8.69. The van der Waals surface area contributed by atoms with Crippen LogP contribution in [0.25, 0.3) is 0 Å². The van der Waals surface area contributed by atoms with Gasteiger partial charge < -0.3 is 9.84 Å². The second kappa shape index (κ2) is 4.70. The molecule has 0 heterocycles. The SMILES string of the molecule is COc1c(Br)cc(F)c(F)c1CCO. The van der Waals surface area contributed by atoms with Crippen LogP contribution in [-0.2, 0) is 6.42 Å². The van der Waals surface area contributed by atoms with Crippen LogP contribution in [0.1, 0.15) is 5.56 Å². The van der Waals surface area contributed by atoms with E-state index < -0.39 is 11.6 Å². The highest BCUT2D eigenvalue weighted by molar-refractivity contribution is 9.10. The number of rotatable bonds is 3. The largest absolute Gasteiger partial charge is 0.495 e. The first-order valence-corrected chi connectivity index (χ1v) is 4.72. The Bertz CT molecular complexity index is 342. The molecule has 0 amide bonds. The number of hydrogen-bond donors (Lipinski definition) is 1. The van der Waals surface area contributed by atoms with Crippen molar-refractivity contribution in [2.24, 2.45) is 0 Å². The molecule has 1 N–H and O–H groups in total. The van der Waals surface area contributed by atoms with Crippen molar-refractivity contribution in [3.63, 3.8) is 0 Å². The van der Waals surface area contributed by atoms with Crippen molar-refractivity contribution >= 4 is 15.9 Å². The van der Waals surface area contributed by atoms with Crippen molar-refractivity contribution < 1.29 is 18.6 Å². The predicted octanol–water partition coefficient (Wildman–Crippen LogP) is 2.27. The van der Waals surface area contributed by atoms with E-state index in [0.29, 0.717) is 4.47 Å². The zero-order chi connectivity index (χ0) is 10.7. The van der Waals surface area contributed by atoms with E-state index in [1.54, 1.807) is 0 Å². The number of halogens is 3. The molecule has 2 nitrogen and oxygen atoms in total. The van der Waals surface area contributed by atoms with E-state index >= 15 is 0 Å². The lowest BCUT2D eigenvalue weighted by Crippen LogP contribution is -2.02. The van der Waals surface area contributed by atoms with Gasteiger partial charge in [-0.15, -0.1) is 0 Å². The van der Waals surface area contributed by atoms with Crippen molar-refractivity contribution in [1.82, 2.24) is 0 Å². The summed E-state index contributed by atoms with van der Waals surface area (Å²) in [7, 11) is 1.36. The third-order valence-electron chi connectivity index (χ3n) is 1.79. The molecule has 1 rings (SSSR count). The number of aliphatic hydroxyl groups excluding tert-OH is 1. The minimum Gasteiger partial charge on any atom is -0.495 e. The molecular weight excluding hydrogens is 258 g/mol. The minimum atomic E-state index is -0.973. The van der Waals surface area contributed by atoms with Crippen LogP contribution >= 0.6 is 15.9 Å². The van der Waals surface area contributed by atoms with Crippen LogP contribution in [0.15, 0.2) is 10.5 Å². The van der Waals surface area contributed by atoms with Crippen molar-refractivity contribution in [2.45, 2.75) is 6.42 Å². The van der Waals surface area contributed by atoms with Gasteiger partial charge in [-0.05, 0) is 22.0 Å². The van der Waals surface area contributed by atoms with Gasteiger partial charge in [0.05, 0.1) is 11.6 Å². The van der Waals surface area contributed by atoms with Gasteiger partial charge in [0.25, 0.3) is 0 Å². The molecule has 0 saturated carbocycles.